The predicted octanol–water partition coefficient (Wildman–Crippen LogP) is 1.90. The summed E-state index contributed by atoms with van der Waals surface area (Å²) in [6.07, 6.45) is -0.604. The van der Waals surface area contributed by atoms with Crippen molar-refractivity contribution < 1.29 is 9.53 Å². The van der Waals surface area contributed by atoms with Gasteiger partial charge in [0.1, 0.15) is 6.10 Å². The summed E-state index contributed by atoms with van der Waals surface area (Å²) in [6, 6.07) is 7.81. The fraction of sp³-hybridized carbons (Fsp3) is 0.500. The van der Waals surface area contributed by atoms with E-state index in [1.54, 1.807) is 0 Å². The number of methoxy groups -OCH3 is 1. The van der Waals surface area contributed by atoms with Gasteiger partial charge in [0, 0.05) is 19.3 Å². The number of benzene rings is 1. The Hall–Kier alpha value is -1.39. The lowest BCUT2D eigenvalue weighted by molar-refractivity contribution is -0.125. The molecule has 18 heavy (non-hydrogen) atoms. The Morgan fingerprint density at radius 3 is 2.28 bits per heavy atom. The number of nitrogens with two attached hydrogens (primary N) is 1. The third kappa shape index (κ3) is 3.82. The van der Waals surface area contributed by atoms with Crippen LogP contribution in [0, 0.1) is 0 Å². The quantitative estimate of drug-likeness (QED) is 0.857. The largest absolute Gasteiger partial charge is 0.370 e. The first-order chi connectivity index (χ1) is 8.38. The van der Waals surface area contributed by atoms with E-state index in [-0.39, 0.29) is 17.9 Å². The molecule has 0 radical (unpaired) electrons. The van der Waals surface area contributed by atoms with Gasteiger partial charge >= 0.3 is 0 Å². The highest BCUT2D eigenvalue weighted by Gasteiger charge is 2.16. The minimum absolute atomic E-state index is 0.106. The van der Waals surface area contributed by atoms with Crippen LogP contribution in [-0.2, 0) is 14.9 Å². The maximum atomic E-state index is 11.7. The second-order valence-electron chi connectivity index (χ2n) is 5.28. The Morgan fingerprint density at radius 1 is 1.33 bits per heavy atom. The molecule has 0 bridgehead atoms. The van der Waals surface area contributed by atoms with E-state index in [1.165, 1.54) is 12.7 Å². The molecule has 0 fully saturated rings. The summed E-state index contributed by atoms with van der Waals surface area (Å²) in [5.41, 5.74) is 7.52. The molecule has 3 N–H and O–H groups in total. The van der Waals surface area contributed by atoms with Crippen LogP contribution in [0.2, 0.25) is 0 Å². The van der Waals surface area contributed by atoms with Crippen LogP contribution in [0.3, 0.4) is 0 Å². The summed E-state index contributed by atoms with van der Waals surface area (Å²) in [7, 11) is 1.47. The van der Waals surface area contributed by atoms with Crippen LogP contribution in [0.1, 0.15) is 26.3 Å². The Morgan fingerprint density at radius 2 is 1.89 bits per heavy atom. The summed E-state index contributed by atoms with van der Waals surface area (Å²) >= 11 is 0. The average molecular weight is 250 g/mol. The fourth-order valence-electron chi connectivity index (χ4n) is 1.59. The van der Waals surface area contributed by atoms with Crippen molar-refractivity contribution in [3.63, 3.8) is 0 Å². The van der Waals surface area contributed by atoms with E-state index < -0.39 is 6.10 Å². The summed E-state index contributed by atoms with van der Waals surface area (Å²) in [5, 5.41) is 2.78. The molecule has 0 aliphatic carbocycles. The molecule has 0 spiro atoms. The van der Waals surface area contributed by atoms with Crippen LogP contribution >= 0.6 is 0 Å². The molecule has 0 heterocycles. The lowest BCUT2D eigenvalue weighted by Crippen LogP contribution is -2.35. The lowest BCUT2D eigenvalue weighted by Gasteiger charge is -2.19. The maximum Gasteiger partial charge on any atom is 0.254 e. The van der Waals surface area contributed by atoms with Gasteiger partial charge in [-0.3, -0.25) is 4.79 Å². The summed E-state index contributed by atoms with van der Waals surface area (Å²) in [4.78, 5) is 11.7. The monoisotopic (exact) mass is 250 g/mol. The lowest BCUT2D eigenvalue weighted by atomic mass is 9.87. The third-order valence-corrected chi connectivity index (χ3v) is 2.81. The van der Waals surface area contributed by atoms with Gasteiger partial charge in [-0.25, -0.2) is 0 Å². The summed E-state index contributed by atoms with van der Waals surface area (Å²) in [6.45, 7) is 6.62. The maximum absolute atomic E-state index is 11.7. The van der Waals surface area contributed by atoms with Gasteiger partial charge in [0.2, 0.25) is 0 Å². The van der Waals surface area contributed by atoms with Gasteiger partial charge in [-0.2, -0.15) is 0 Å². The van der Waals surface area contributed by atoms with Crippen molar-refractivity contribution in [2.45, 2.75) is 32.3 Å². The van der Waals surface area contributed by atoms with E-state index in [0.29, 0.717) is 0 Å². The van der Waals surface area contributed by atoms with Crippen molar-refractivity contribution in [2.24, 2.45) is 5.73 Å². The molecule has 100 valence electrons. The van der Waals surface area contributed by atoms with Crippen LogP contribution in [-0.4, -0.2) is 25.7 Å². The molecule has 0 saturated heterocycles. The van der Waals surface area contributed by atoms with E-state index in [1.807, 2.05) is 24.3 Å². The number of carbonyl (C=O) groups excluding carboxylic acids is 1. The molecule has 1 aromatic rings. The number of anilines is 1. The topological polar surface area (TPSA) is 64.3 Å². The number of hydrogen-bond donors (Lipinski definition) is 2. The zero-order valence-electron chi connectivity index (χ0n) is 11.5. The highest BCUT2D eigenvalue weighted by atomic mass is 16.5. The zero-order chi connectivity index (χ0) is 13.8. The highest BCUT2D eigenvalue weighted by molar-refractivity contribution is 5.94. The fourth-order valence-corrected chi connectivity index (χ4v) is 1.59. The molecule has 1 aromatic carbocycles. The molecule has 1 atom stereocenters. The minimum Gasteiger partial charge on any atom is -0.370 e. The van der Waals surface area contributed by atoms with Crippen molar-refractivity contribution in [1.82, 2.24) is 0 Å². The molecule has 1 rings (SSSR count). The van der Waals surface area contributed by atoms with Crippen molar-refractivity contribution in [1.29, 1.82) is 0 Å². The van der Waals surface area contributed by atoms with Gasteiger partial charge < -0.3 is 15.8 Å². The van der Waals surface area contributed by atoms with Crippen LogP contribution in [0.5, 0.6) is 0 Å². The highest BCUT2D eigenvalue weighted by Crippen LogP contribution is 2.23. The Labute approximate surface area is 109 Å². The first-order valence-corrected chi connectivity index (χ1v) is 6.02. The number of amides is 1. The molecule has 0 aliphatic rings. The Bertz CT molecular complexity index is 389. The molecule has 0 aromatic heterocycles. The molecular weight excluding hydrogens is 228 g/mol. The Kier molecular flexibility index (Phi) is 4.87. The van der Waals surface area contributed by atoms with Crippen molar-refractivity contribution in [2.75, 3.05) is 19.0 Å². The molecule has 0 saturated carbocycles. The van der Waals surface area contributed by atoms with Gasteiger partial charge in [0.05, 0.1) is 0 Å². The normalized spacial score (nSPS) is 13.2. The smallest absolute Gasteiger partial charge is 0.254 e. The summed E-state index contributed by atoms with van der Waals surface area (Å²) in [5.74, 6) is -0.219. The first kappa shape index (κ1) is 14.7. The van der Waals surface area contributed by atoms with Gasteiger partial charge in [0.15, 0.2) is 0 Å². The predicted molar refractivity (Wildman–Crippen MR) is 73.6 cm³/mol. The number of ether oxygens (including phenoxy) is 1. The summed E-state index contributed by atoms with van der Waals surface area (Å²) < 4.78 is 4.97. The van der Waals surface area contributed by atoms with Gasteiger partial charge in [0.25, 0.3) is 5.91 Å². The minimum atomic E-state index is -0.604. The van der Waals surface area contributed by atoms with Crippen molar-refractivity contribution in [3.8, 4) is 0 Å². The van der Waals surface area contributed by atoms with Crippen molar-refractivity contribution in [3.05, 3.63) is 29.8 Å². The van der Waals surface area contributed by atoms with Gasteiger partial charge in [-0.05, 0) is 23.1 Å². The molecular formula is C14H22N2O2. The SMILES string of the molecule is COC(CN)C(=O)Nc1ccc(C(C)(C)C)cc1. The standard InChI is InChI=1S/C14H22N2O2/c1-14(2,3)10-5-7-11(8-6-10)16-13(17)12(9-15)18-4/h5-8,12H,9,15H2,1-4H3,(H,16,17). The van der Waals surface area contributed by atoms with Crippen LogP contribution < -0.4 is 11.1 Å². The third-order valence-electron chi connectivity index (χ3n) is 2.81. The zero-order valence-corrected chi connectivity index (χ0v) is 11.5. The molecule has 0 aliphatic heterocycles. The Balaban J connectivity index is 2.72. The van der Waals surface area contributed by atoms with E-state index in [2.05, 4.69) is 26.1 Å². The average Bonchev–Trinajstić information content (AvgIpc) is 2.30. The second kappa shape index (κ2) is 5.98. The number of nitrogens with one attached hydrogen (secondary N) is 1. The molecule has 1 unspecified atom stereocenters. The van der Waals surface area contributed by atoms with Crippen LogP contribution in [0.25, 0.3) is 0 Å². The van der Waals surface area contributed by atoms with E-state index in [0.717, 1.165) is 5.69 Å². The van der Waals surface area contributed by atoms with E-state index in [9.17, 15) is 4.79 Å². The molecule has 1 amide bonds. The number of carbonyl (C=O) groups is 1. The van der Waals surface area contributed by atoms with Crippen molar-refractivity contribution >= 4 is 11.6 Å². The number of hydrogen-bond acceptors (Lipinski definition) is 3. The van der Waals surface area contributed by atoms with E-state index >= 15 is 0 Å². The first-order valence-electron chi connectivity index (χ1n) is 6.02. The molecule has 4 nitrogen and oxygen atoms in total. The van der Waals surface area contributed by atoms with Gasteiger partial charge in [-0.15, -0.1) is 0 Å². The number of rotatable bonds is 4. The van der Waals surface area contributed by atoms with Crippen LogP contribution in [0.15, 0.2) is 24.3 Å². The van der Waals surface area contributed by atoms with E-state index in [4.69, 9.17) is 10.5 Å². The van der Waals surface area contributed by atoms with Gasteiger partial charge in [-0.1, -0.05) is 32.9 Å². The van der Waals surface area contributed by atoms with Crippen LogP contribution in [0.4, 0.5) is 5.69 Å². The molecule has 4 heteroatoms. The second-order valence-corrected chi connectivity index (χ2v) is 5.28.